The first-order valence-electron chi connectivity index (χ1n) is 9.29. The summed E-state index contributed by atoms with van der Waals surface area (Å²) < 4.78 is 0. The lowest BCUT2D eigenvalue weighted by molar-refractivity contribution is 1.27. The Morgan fingerprint density at radius 1 is 0.759 bits per heavy atom. The minimum atomic E-state index is -1.66. The van der Waals surface area contributed by atoms with Crippen molar-refractivity contribution in [1.82, 2.24) is 0 Å². The molecule has 3 nitrogen and oxygen atoms in total. The van der Waals surface area contributed by atoms with Crippen LogP contribution in [0.5, 0.6) is 0 Å². The molecule has 0 aliphatic carbocycles. The molecule has 3 aromatic carbocycles. The number of nitriles is 2. The molecule has 0 bridgehead atoms. The van der Waals surface area contributed by atoms with Gasteiger partial charge in [-0.3, -0.25) is 0 Å². The second-order valence-electron chi connectivity index (χ2n) is 7.75. The van der Waals surface area contributed by atoms with Gasteiger partial charge in [0.2, 0.25) is 0 Å². The molecule has 140 valence electrons. The van der Waals surface area contributed by atoms with Gasteiger partial charge in [-0.1, -0.05) is 37.7 Å². The SMILES string of the molecule is C#Cc1c(N(c2ccc(C#N)cc2)c2ccc(C#N)cc2)cccc1[Si](C)(C)C. The molecule has 0 radical (unpaired) electrons. The molecule has 0 spiro atoms. The second-order valence-corrected chi connectivity index (χ2v) is 12.8. The maximum Gasteiger partial charge on any atom is 0.0991 e. The molecule has 4 heteroatoms. The zero-order chi connectivity index (χ0) is 21.0. The van der Waals surface area contributed by atoms with Crippen LogP contribution in [0.2, 0.25) is 19.6 Å². The molecule has 0 saturated carbocycles. The van der Waals surface area contributed by atoms with E-state index in [1.807, 2.05) is 36.4 Å². The van der Waals surface area contributed by atoms with E-state index in [1.165, 1.54) is 5.19 Å². The van der Waals surface area contributed by atoms with Crippen molar-refractivity contribution in [3.63, 3.8) is 0 Å². The maximum atomic E-state index is 9.15. The first-order chi connectivity index (χ1) is 13.9. The lowest BCUT2D eigenvalue weighted by Crippen LogP contribution is -2.40. The van der Waals surface area contributed by atoms with Gasteiger partial charge >= 0.3 is 0 Å². The summed E-state index contributed by atoms with van der Waals surface area (Å²) in [6.45, 7) is 6.84. The van der Waals surface area contributed by atoms with Crippen molar-refractivity contribution in [2.45, 2.75) is 19.6 Å². The van der Waals surface area contributed by atoms with Crippen LogP contribution in [0.25, 0.3) is 0 Å². The summed E-state index contributed by atoms with van der Waals surface area (Å²) >= 11 is 0. The van der Waals surface area contributed by atoms with Gasteiger partial charge in [0.25, 0.3) is 0 Å². The van der Waals surface area contributed by atoms with Gasteiger partial charge in [-0.2, -0.15) is 10.5 Å². The average Bonchev–Trinajstić information content (AvgIpc) is 2.74. The van der Waals surface area contributed by atoms with Crippen LogP contribution in [0.1, 0.15) is 16.7 Å². The Bertz CT molecular complexity index is 1090. The number of terminal acetylenes is 1. The molecule has 3 aromatic rings. The van der Waals surface area contributed by atoms with E-state index in [0.29, 0.717) is 11.1 Å². The Balaban J connectivity index is 2.27. The number of anilines is 3. The molecule has 0 fully saturated rings. The first kappa shape index (κ1) is 20.0. The number of nitrogens with zero attached hydrogens (tertiary/aromatic N) is 3. The van der Waals surface area contributed by atoms with Crippen molar-refractivity contribution >= 4 is 30.3 Å². The van der Waals surface area contributed by atoms with Crippen LogP contribution in [0.15, 0.2) is 66.7 Å². The predicted molar refractivity (Wildman–Crippen MR) is 121 cm³/mol. The van der Waals surface area contributed by atoms with E-state index in [-0.39, 0.29) is 0 Å². The smallest absolute Gasteiger partial charge is 0.0991 e. The fourth-order valence-electron chi connectivity index (χ4n) is 3.30. The van der Waals surface area contributed by atoms with Crippen molar-refractivity contribution in [2.24, 2.45) is 0 Å². The molecule has 0 amide bonds. The van der Waals surface area contributed by atoms with E-state index < -0.39 is 8.07 Å². The molecule has 0 unspecified atom stereocenters. The lowest BCUT2D eigenvalue weighted by Gasteiger charge is -2.29. The Hall–Kier alpha value is -3.78. The third-order valence-electron chi connectivity index (χ3n) is 4.74. The fraction of sp³-hybridized carbons (Fsp3) is 0.120. The highest BCUT2D eigenvalue weighted by atomic mass is 28.3. The van der Waals surface area contributed by atoms with Gasteiger partial charge in [-0.05, 0) is 59.8 Å². The van der Waals surface area contributed by atoms with Gasteiger partial charge < -0.3 is 4.90 Å². The monoisotopic (exact) mass is 391 g/mol. The van der Waals surface area contributed by atoms with Crippen LogP contribution in [-0.4, -0.2) is 8.07 Å². The fourth-order valence-corrected chi connectivity index (χ4v) is 4.85. The van der Waals surface area contributed by atoms with Crippen LogP contribution >= 0.6 is 0 Å². The summed E-state index contributed by atoms with van der Waals surface area (Å²) in [5, 5.41) is 19.5. The molecule has 0 N–H and O–H groups in total. The van der Waals surface area contributed by atoms with Gasteiger partial charge in [0.15, 0.2) is 0 Å². The third kappa shape index (κ3) is 4.07. The summed E-state index contributed by atoms with van der Waals surface area (Å²) in [5.41, 5.74) is 4.81. The van der Waals surface area contributed by atoms with Crippen molar-refractivity contribution < 1.29 is 0 Å². The Morgan fingerprint density at radius 2 is 1.24 bits per heavy atom. The van der Waals surface area contributed by atoms with Gasteiger partial charge in [0.05, 0.1) is 37.0 Å². The molecule has 0 saturated heterocycles. The lowest BCUT2D eigenvalue weighted by atomic mass is 10.1. The molecule has 0 atom stereocenters. The van der Waals surface area contributed by atoms with Crippen LogP contribution in [-0.2, 0) is 0 Å². The van der Waals surface area contributed by atoms with Crippen molar-refractivity contribution in [1.29, 1.82) is 10.5 Å². The largest absolute Gasteiger partial charge is 0.309 e. The summed E-state index contributed by atoms with van der Waals surface area (Å²) in [4.78, 5) is 2.08. The highest BCUT2D eigenvalue weighted by Gasteiger charge is 2.24. The number of hydrogen-bond acceptors (Lipinski definition) is 3. The molecule has 0 aliphatic heterocycles. The number of hydrogen-bond donors (Lipinski definition) is 0. The molecule has 0 heterocycles. The molecule has 3 rings (SSSR count). The minimum absolute atomic E-state index is 0.599. The Labute approximate surface area is 173 Å². The minimum Gasteiger partial charge on any atom is -0.309 e. The molecular formula is C25H21N3Si. The standard InChI is InChI=1S/C25H21N3Si/c1-5-23-24(7-6-8-25(23)29(2,3)4)28(21-13-9-19(17-26)10-14-21)22-15-11-20(18-27)12-16-22/h1,6-16H,2-4H3. The molecule has 29 heavy (non-hydrogen) atoms. The van der Waals surface area contributed by atoms with E-state index in [2.05, 4.69) is 48.7 Å². The van der Waals surface area contributed by atoms with Gasteiger partial charge in [-0.15, -0.1) is 6.42 Å². The van der Waals surface area contributed by atoms with Crippen molar-refractivity contribution in [3.05, 3.63) is 83.4 Å². The second kappa shape index (κ2) is 8.07. The summed E-state index contributed by atoms with van der Waals surface area (Å²) in [6.07, 6.45) is 5.99. The zero-order valence-electron chi connectivity index (χ0n) is 16.8. The third-order valence-corrected chi connectivity index (χ3v) is 6.78. The highest BCUT2D eigenvalue weighted by Crippen LogP contribution is 2.36. The van der Waals surface area contributed by atoms with Crippen LogP contribution < -0.4 is 10.1 Å². The summed E-state index contributed by atoms with van der Waals surface area (Å²) in [5.74, 6) is 2.92. The van der Waals surface area contributed by atoms with Crippen LogP contribution in [0, 0.1) is 35.0 Å². The Morgan fingerprint density at radius 3 is 1.62 bits per heavy atom. The summed E-state index contributed by atoms with van der Waals surface area (Å²) in [7, 11) is -1.66. The van der Waals surface area contributed by atoms with E-state index in [9.17, 15) is 0 Å². The molecule has 0 aliphatic rings. The maximum absolute atomic E-state index is 9.15. The predicted octanol–water partition coefficient (Wildman–Crippen LogP) is 5.43. The van der Waals surface area contributed by atoms with E-state index in [1.54, 1.807) is 24.3 Å². The van der Waals surface area contributed by atoms with Crippen molar-refractivity contribution in [3.8, 4) is 24.5 Å². The molecule has 0 aromatic heterocycles. The normalized spacial score (nSPS) is 10.5. The van der Waals surface area contributed by atoms with E-state index in [4.69, 9.17) is 16.9 Å². The highest BCUT2D eigenvalue weighted by molar-refractivity contribution is 6.89. The van der Waals surface area contributed by atoms with Gasteiger partial charge in [0, 0.05) is 16.9 Å². The molecular weight excluding hydrogens is 370 g/mol. The van der Waals surface area contributed by atoms with Gasteiger partial charge in [0.1, 0.15) is 0 Å². The topological polar surface area (TPSA) is 50.8 Å². The van der Waals surface area contributed by atoms with Crippen LogP contribution in [0.4, 0.5) is 17.1 Å². The number of rotatable bonds is 4. The van der Waals surface area contributed by atoms with E-state index >= 15 is 0 Å². The van der Waals surface area contributed by atoms with E-state index in [0.717, 1.165) is 22.6 Å². The quantitative estimate of drug-likeness (QED) is 0.440. The number of benzene rings is 3. The Kier molecular flexibility index (Phi) is 5.56. The average molecular weight is 392 g/mol. The van der Waals surface area contributed by atoms with Crippen LogP contribution in [0.3, 0.4) is 0 Å². The van der Waals surface area contributed by atoms with Gasteiger partial charge in [-0.25, -0.2) is 0 Å². The summed E-state index contributed by atoms with van der Waals surface area (Å²) in [6, 6.07) is 25.4. The zero-order valence-corrected chi connectivity index (χ0v) is 17.8. The first-order valence-corrected chi connectivity index (χ1v) is 12.8. The van der Waals surface area contributed by atoms with Crippen molar-refractivity contribution in [2.75, 3.05) is 4.90 Å².